The molecule has 0 heterocycles. The van der Waals surface area contributed by atoms with Crippen molar-refractivity contribution >= 4 is 11.5 Å². The van der Waals surface area contributed by atoms with Crippen LogP contribution in [0.5, 0.6) is 5.75 Å². The monoisotopic (exact) mass is 215 g/mol. The highest BCUT2D eigenvalue weighted by molar-refractivity contribution is 5.97. The molecule has 1 rings (SSSR count). The lowest BCUT2D eigenvalue weighted by Crippen LogP contribution is -2.03. The summed E-state index contributed by atoms with van der Waals surface area (Å²) in [5.41, 5.74) is 5.09. The van der Waals surface area contributed by atoms with Gasteiger partial charge >= 0.3 is 0 Å². The minimum Gasteiger partial charge on any atom is -0.496 e. The van der Waals surface area contributed by atoms with Crippen molar-refractivity contribution < 1.29 is 18.3 Å². The van der Waals surface area contributed by atoms with Gasteiger partial charge < -0.3 is 10.5 Å². The SMILES string of the molecule is COc1cc(N)c(C(F)F)cc1C(C)=O. The van der Waals surface area contributed by atoms with E-state index in [1.807, 2.05) is 0 Å². The van der Waals surface area contributed by atoms with Crippen LogP contribution in [0.25, 0.3) is 0 Å². The van der Waals surface area contributed by atoms with Crippen molar-refractivity contribution in [3.05, 3.63) is 23.3 Å². The van der Waals surface area contributed by atoms with E-state index in [1.54, 1.807) is 0 Å². The number of rotatable bonds is 3. The molecule has 3 nitrogen and oxygen atoms in total. The number of Topliss-reactive ketones (excluding diaryl/α,β-unsaturated/α-hetero) is 1. The molecule has 0 spiro atoms. The Balaban J connectivity index is 3.37. The average Bonchev–Trinajstić information content (AvgIpc) is 2.16. The van der Waals surface area contributed by atoms with Crippen molar-refractivity contribution in [3.8, 4) is 5.75 Å². The molecule has 0 amide bonds. The molecule has 0 unspecified atom stereocenters. The summed E-state index contributed by atoms with van der Waals surface area (Å²) >= 11 is 0. The quantitative estimate of drug-likeness (QED) is 0.622. The van der Waals surface area contributed by atoms with Crippen LogP contribution in [-0.2, 0) is 0 Å². The number of ether oxygens (including phenoxy) is 1. The van der Waals surface area contributed by atoms with Crippen LogP contribution < -0.4 is 10.5 Å². The summed E-state index contributed by atoms with van der Waals surface area (Å²) in [6.45, 7) is 1.28. The van der Waals surface area contributed by atoms with Crippen molar-refractivity contribution in [1.29, 1.82) is 0 Å². The number of ketones is 1. The predicted octanol–water partition coefficient (Wildman–Crippen LogP) is 2.42. The van der Waals surface area contributed by atoms with Crippen LogP contribution in [0.3, 0.4) is 0 Å². The molecule has 0 aliphatic rings. The standard InChI is InChI=1S/C10H11F2NO2/c1-5(14)6-3-7(10(11)12)8(13)4-9(6)15-2/h3-4,10H,13H2,1-2H3. The van der Waals surface area contributed by atoms with Crippen LogP contribution in [0.1, 0.15) is 29.3 Å². The summed E-state index contributed by atoms with van der Waals surface area (Å²) in [5, 5.41) is 0. The van der Waals surface area contributed by atoms with E-state index in [4.69, 9.17) is 10.5 Å². The van der Waals surface area contributed by atoms with E-state index < -0.39 is 6.43 Å². The zero-order chi connectivity index (χ0) is 11.6. The van der Waals surface area contributed by atoms with Crippen LogP contribution >= 0.6 is 0 Å². The summed E-state index contributed by atoms with van der Waals surface area (Å²) in [6.07, 6.45) is -2.70. The Morgan fingerprint density at radius 3 is 2.47 bits per heavy atom. The lowest BCUT2D eigenvalue weighted by molar-refractivity contribution is 0.101. The van der Waals surface area contributed by atoms with Gasteiger partial charge in [-0.1, -0.05) is 0 Å². The third kappa shape index (κ3) is 2.23. The average molecular weight is 215 g/mol. The van der Waals surface area contributed by atoms with E-state index in [2.05, 4.69) is 0 Å². The third-order valence-electron chi connectivity index (χ3n) is 2.02. The van der Waals surface area contributed by atoms with Gasteiger partial charge in [0.1, 0.15) is 5.75 Å². The zero-order valence-electron chi connectivity index (χ0n) is 8.38. The van der Waals surface area contributed by atoms with Crippen molar-refractivity contribution in [2.45, 2.75) is 13.3 Å². The van der Waals surface area contributed by atoms with Gasteiger partial charge in [-0.3, -0.25) is 4.79 Å². The predicted molar refractivity (Wildman–Crippen MR) is 52.4 cm³/mol. The van der Waals surface area contributed by atoms with Crippen molar-refractivity contribution in [2.24, 2.45) is 0 Å². The Hall–Kier alpha value is -1.65. The van der Waals surface area contributed by atoms with E-state index >= 15 is 0 Å². The normalized spacial score (nSPS) is 10.5. The summed E-state index contributed by atoms with van der Waals surface area (Å²) in [4.78, 5) is 11.1. The molecule has 0 aliphatic carbocycles. The van der Waals surface area contributed by atoms with E-state index in [-0.39, 0.29) is 28.3 Å². The van der Waals surface area contributed by atoms with Gasteiger partial charge in [0.25, 0.3) is 6.43 Å². The molecule has 5 heteroatoms. The summed E-state index contributed by atoms with van der Waals surface area (Å²) in [6, 6.07) is 2.30. The Morgan fingerprint density at radius 1 is 1.47 bits per heavy atom. The lowest BCUT2D eigenvalue weighted by atomic mass is 10.0. The van der Waals surface area contributed by atoms with Gasteiger partial charge in [-0.15, -0.1) is 0 Å². The second-order valence-electron chi connectivity index (χ2n) is 3.04. The van der Waals surface area contributed by atoms with Gasteiger partial charge in [-0.2, -0.15) is 0 Å². The molecule has 0 saturated heterocycles. The highest BCUT2D eigenvalue weighted by atomic mass is 19.3. The van der Waals surface area contributed by atoms with Crippen molar-refractivity contribution in [1.82, 2.24) is 0 Å². The molecule has 1 aromatic rings. The van der Waals surface area contributed by atoms with Gasteiger partial charge in [-0.25, -0.2) is 8.78 Å². The molecular formula is C10H11F2NO2. The number of carbonyl (C=O) groups excluding carboxylic acids is 1. The fourth-order valence-electron chi connectivity index (χ4n) is 1.25. The first-order valence-corrected chi connectivity index (χ1v) is 4.23. The number of hydrogen-bond acceptors (Lipinski definition) is 3. The van der Waals surface area contributed by atoms with Gasteiger partial charge in [-0.05, 0) is 13.0 Å². The highest BCUT2D eigenvalue weighted by Crippen LogP contribution is 2.31. The fourth-order valence-corrected chi connectivity index (χ4v) is 1.25. The number of nitrogen functional groups attached to an aromatic ring is 1. The van der Waals surface area contributed by atoms with Gasteiger partial charge in [0, 0.05) is 17.3 Å². The second kappa shape index (κ2) is 4.25. The van der Waals surface area contributed by atoms with Gasteiger partial charge in [0.15, 0.2) is 5.78 Å². The van der Waals surface area contributed by atoms with Crippen LogP contribution in [0.15, 0.2) is 12.1 Å². The first kappa shape index (κ1) is 11.4. The summed E-state index contributed by atoms with van der Waals surface area (Å²) in [5.74, 6) is -0.127. The first-order valence-electron chi connectivity index (χ1n) is 4.23. The first-order chi connectivity index (χ1) is 6.97. The van der Waals surface area contributed by atoms with Gasteiger partial charge in [0.2, 0.25) is 0 Å². The Labute approximate surface area is 85.8 Å². The number of benzene rings is 1. The van der Waals surface area contributed by atoms with Crippen molar-refractivity contribution in [2.75, 3.05) is 12.8 Å². The molecule has 0 bridgehead atoms. The van der Waals surface area contributed by atoms with Gasteiger partial charge in [0.05, 0.1) is 12.7 Å². The molecule has 0 aliphatic heterocycles. The smallest absolute Gasteiger partial charge is 0.265 e. The largest absolute Gasteiger partial charge is 0.496 e. The summed E-state index contributed by atoms with van der Waals surface area (Å²) in [7, 11) is 1.35. The molecule has 0 aromatic heterocycles. The topological polar surface area (TPSA) is 52.3 Å². The molecule has 1 aromatic carbocycles. The number of nitrogens with two attached hydrogens (primary N) is 1. The second-order valence-corrected chi connectivity index (χ2v) is 3.04. The molecule has 0 saturated carbocycles. The third-order valence-corrected chi connectivity index (χ3v) is 2.02. The number of hydrogen-bond donors (Lipinski definition) is 1. The maximum Gasteiger partial charge on any atom is 0.265 e. The minimum absolute atomic E-state index is 0.0770. The molecule has 82 valence electrons. The Kier molecular flexibility index (Phi) is 3.24. The number of methoxy groups -OCH3 is 1. The number of halogens is 2. The number of anilines is 1. The van der Waals surface area contributed by atoms with Crippen LogP contribution in [0, 0.1) is 0 Å². The minimum atomic E-state index is -2.70. The highest BCUT2D eigenvalue weighted by Gasteiger charge is 2.17. The van der Waals surface area contributed by atoms with Crippen LogP contribution in [-0.4, -0.2) is 12.9 Å². The maximum absolute atomic E-state index is 12.5. The number of alkyl halides is 2. The van der Waals surface area contributed by atoms with Crippen LogP contribution in [0.4, 0.5) is 14.5 Å². The van der Waals surface area contributed by atoms with Crippen molar-refractivity contribution in [3.63, 3.8) is 0 Å². The van der Waals surface area contributed by atoms with E-state index in [9.17, 15) is 13.6 Å². The van der Waals surface area contributed by atoms with Crippen LogP contribution in [0.2, 0.25) is 0 Å². The molecule has 2 N–H and O–H groups in total. The molecule has 0 radical (unpaired) electrons. The number of carbonyl (C=O) groups is 1. The van der Waals surface area contributed by atoms with E-state index in [0.717, 1.165) is 6.07 Å². The maximum atomic E-state index is 12.5. The Bertz CT molecular complexity index is 391. The van der Waals surface area contributed by atoms with E-state index in [1.165, 1.54) is 20.1 Å². The molecule has 0 atom stereocenters. The lowest BCUT2D eigenvalue weighted by Gasteiger charge is -2.10. The van der Waals surface area contributed by atoms with E-state index in [0.29, 0.717) is 0 Å². The molecule has 0 fully saturated rings. The molecule has 15 heavy (non-hydrogen) atoms. The molecular weight excluding hydrogens is 204 g/mol. The zero-order valence-corrected chi connectivity index (χ0v) is 8.38. The fraction of sp³-hybridized carbons (Fsp3) is 0.300. The Morgan fingerprint density at radius 2 is 2.07 bits per heavy atom. The summed E-state index contributed by atoms with van der Waals surface area (Å²) < 4.78 is 29.8.